The Kier molecular flexibility index (Phi) is 2.86. The zero-order chi connectivity index (χ0) is 12.5. The van der Waals surface area contributed by atoms with Gasteiger partial charge < -0.3 is 4.90 Å². The van der Waals surface area contributed by atoms with Crippen LogP contribution in [0.1, 0.15) is 19.8 Å². The van der Waals surface area contributed by atoms with E-state index < -0.39 is 0 Å². The summed E-state index contributed by atoms with van der Waals surface area (Å²) >= 11 is 0. The molecule has 18 heavy (non-hydrogen) atoms. The molecule has 1 aliphatic heterocycles. The second kappa shape index (κ2) is 4.52. The average molecular weight is 245 g/mol. The summed E-state index contributed by atoms with van der Waals surface area (Å²) in [7, 11) is 0. The quantitative estimate of drug-likeness (QED) is 0.773. The number of piperidine rings is 1. The smallest absolute Gasteiger partial charge is 0.139 e. The van der Waals surface area contributed by atoms with Crippen LogP contribution in [0.25, 0.3) is 10.9 Å². The molecular formula is C14H16FN3. The van der Waals surface area contributed by atoms with E-state index in [2.05, 4.69) is 21.8 Å². The molecular weight excluding hydrogens is 229 g/mol. The Morgan fingerprint density at radius 3 is 2.78 bits per heavy atom. The van der Waals surface area contributed by atoms with Crippen LogP contribution in [0.4, 0.5) is 10.2 Å². The summed E-state index contributed by atoms with van der Waals surface area (Å²) in [6.07, 6.45) is 3.90. The lowest BCUT2D eigenvalue weighted by Crippen LogP contribution is -2.33. The molecule has 0 bridgehead atoms. The van der Waals surface area contributed by atoms with Crippen molar-refractivity contribution in [1.82, 2.24) is 9.97 Å². The van der Waals surface area contributed by atoms with Gasteiger partial charge in [-0.05, 0) is 37.0 Å². The second-order valence-corrected chi connectivity index (χ2v) is 5.03. The average Bonchev–Trinajstić information content (AvgIpc) is 2.39. The molecule has 1 aromatic heterocycles. The predicted molar refractivity (Wildman–Crippen MR) is 70.1 cm³/mol. The van der Waals surface area contributed by atoms with Gasteiger partial charge in [0.25, 0.3) is 0 Å². The van der Waals surface area contributed by atoms with Crippen LogP contribution >= 0.6 is 0 Å². The third kappa shape index (κ3) is 2.03. The Bertz CT molecular complexity index is 562. The van der Waals surface area contributed by atoms with Crippen LogP contribution in [0, 0.1) is 11.7 Å². The maximum absolute atomic E-state index is 13.4. The Morgan fingerprint density at radius 1 is 1.22 bits per heavy atom. The van der Waals surface area contributed by atoms with Crippen molar-refractivity contribution in [1.29, 1.82) is 0 Å². The van der Waals surface area contributed by atoms with E-state index in [0.29, 0.717) is 0 Å². The zero-order valence-corrected chi connectivity index (χ0v) is 10.4. The van der Waals surface area contributed by atoms with Gasteiger partial charge in [-0.2, -0.15) is 0 Å². The Labute approximate surface area is 106 Å². The lowest BCUT2D eigenvalue weighted by atomic mass is 9.99. The number of benzene rings is 1. The predicted octanol–water partition coefficient (Wildman–Crippen LogP) is 3.01. The number of hydrogen-bond donors (Lipinski definition) is 0. The second-order valence-electron chi connectivity index (χ2n) is 5.03. The normalized spacial score (nSPS) is 17.3. The van der Waals surface area contributed by atoms with Crippen molar-refractivity contribution < 1.29 is 4.39 Å². The third-order valence-electron chi connectivity index (χ3n) is 3.66. The molecule has 2 heterocycles. The van der Waals surface area contributed by atoms with Crippen LogP contribution in [-0.4, -0.2) is 23.1 Å². The summed E-state index contributed by atoms with van der Waals surface area (Å²) in [5.74, 6) is 1.40. The van der Waals surface area contributed by atoms with Gasteiger partial charge in [0.15, 0.2) is 0 Å². The molecule has 0 unspecified atom stereocenters. The van der Waals surface area contributed by atoms with Crippen molar-refractivity contribution in [2.75, 3.05) is 18.0 Å². The van der Waals surface area contributed by atoms with E-state index in [0.717, 1.165) is 35.7 Å². The van der Waals surface area contributed by atoms with Gasteiger partial charge in [0, 0.05) is 18.5 Å². The fourth-order valence-corrected chi connectivity index (χ4v) is 2.49. The van der Waals surface area contributed by atoms with Gasteiger partial charge in [0.05, 0.1) is 5.52 Å². The minimum absolute atomic E-state index is 0.232. The zero-order valence-electron chi connectivity index (χ0n) is 10.4. The topological polar surface area (TPSA) is 29.0 Å². The monoisotopic (exact) mass is 245 g/mol. The highest BCUT2D eigenvalue weighted by atomic mass is 19.1. The SMILES string of the molecule is CC1CCN(c2ncnc3ccc(F)cc23)CC1. The maximum atomic E-state index is 13.4. The lowest BCUT2D eigenvalue weighted by Gasteiger charge is -2.31. The molecule has 0 spiro atoms. The molecule has 0 aliphatic carbocycles. The number of halogens is 1. The van der Waals surface area contributed by atoms with Crippen molar-refractivity contribution in [3.05, 3.63) is 30.3 Å². The van der Waals surface area contributed by atoms with Crippen molar-refractivity contribution in [2.45, 2.75) is 19.8 Å². The summed E-state index contributed by atoms with van der Waals surface area (Å²) in [5, 5.41) is 0.812. The van der Waals surface area contributed by atoms with E-state index >= 15 is 0 Å². The minimum Gasteiger partial charge on any atom is -0.356 e. The van der Waals surface area contributed by atoms with E-state index in [-0.39, 0.29) is 5.82 Å². The van der Waals surface area contributed by atoms with Gasteiger partial charge in [0.2, 0.25) is 0 Å². The summed E-state index contributed by atoms with van der Waals surface area (Å²) < 4.78 is 13.4. The van der Waals surface area contributed by atoms with E-state index in [1.807, 2.05) is 0 Å². The van der Waals surface area contributed by atoms with Gasteiger partial charge in [-0.1, -0.05) is 6.92 Å². The van der Waals surface area contributed by atoms with Crippen LogP contribution in [0.15, 0.2) is 24.5 Å². The number of anilines is 1. The Morgan fingerprint density at radius 2 is 2.00 bits per heavy atom. The number of hydrogen-bond acceptors (Lipinski definition) is 3. The van der Waals surface area contributed by atoms with Crippen LogP contribution in [-0.2, 0) is 0 Å². The minimum atomic E-state index is -0.232. The van der Waals surface area contributed by atoms with Crippen LogP contribution < -0.4 is 4.90 Å². The van der Waals surface area contributed by atoms with Crippen LogP contribution in [0.5, 0.6) is 0 Å². The lowest BCUT2D eigenvalue weighted by molar-refractivity contribution is 0.437. The molecule has 0 radical (unpaired) electrons. The largest absolute Gasteiger partial charge is 0.356 e. The first-order valence-electron chi connectivity index (χ1n) is 6.39. The molecule has 0 amide bonds. The first-order valence-corrected chi connectivity index (χ1v) is 6.39. The molecule has 1 saturated heterocycles. The van der Waals surface area contributed by atoms with Gasteiger partial charge in [0.1, 0.15) is 18.0 Å². The highest BCUT2D eigenvalue weighted by molar-refractivity contribution is 5.89. The number of nitrogens with zero attached hydrogens (tertiary/aromatic N) is 3. The molecule has 3 nitrogen and oxygen atoms in total. The molecule has 0 saturated carbocycles. The first-order chi connectivity index (χ1) is 8.74. The van der Waals surface area contributed by atoms with Crippen molar-refractivity contribution >= 4 is 16.7 Å². The summed E-state index contributed by atoms with van der Waals surface area (Å²) in [6.45, 7) is 4.25. The van der Waals surface area contributed by atoms with Crippen LogP contribution in [0.3, 0.4) is 0 Å². The maximum Gasteiger partial charge on any atom is 0.139 e. The standard InChI is InChI=1S/C14H16FN3/c1-10-4-6-18(7-5-10)14-12-8-11(15)2-3-13(12)16-9-17-14/h2-3,8-10H,4-7H2,1H3. The first kappa shape index (κ1) is 11.4. The Hall–Kier alpha value is -1.71. The summed E-state index contributed by atoms with van der Waals surface area (Å²) in [4.78, 5) is 10.8. The molecule has 0 N–H and O–H groups in total. The van der Waals surface area contributed by atoms with E-state index in [9.17, 15) is 4.39 Å². The van der Waals surface area contributed by atoms with Crippen molar-refractivity contribution in [3.8, 4) is 0 Å². The molecule has 2 aromatic rings. The third-order valence-corrected chi connectivity index (χ3v) is 3.66. The van der Waals surface area contributed by atoms with Gasteiger partial charge >= 0.3 is 0 Å². The molecule has 3 rings (SSSR count). The van der Waals surface area contributed by atoms with Gasteiger partial charge in [-0.15, -0.1) is 0 Å². The molecule has 1 aromatic carbocycles. The van der Waals surface area contributed by atoms with Gasteiger partial charge in [-0.25, -0.2) is 14.4 Å². The highest BCUT2D eigenvalue weighted by Crippen LogP contribution is 2.27. The van der Waals surface area contributed by atoms with E-state index in [1.54, 1.807) is 12.4 Å². The summed E-state index contributed by atoms with van der Waals surface area (Å²) in [5.41, 5.74) is 0.806. The molecule has 0 atom stereocenters. The van der Waals surface area contributed by atoms with Crippen molar-refractivity contribution in [2.24, 2.45) is 5.92 Å². The summed E-state index contributed by atoms with van der Waals surface area (Å²) in [6, 6.07) is 4.68. The fraction of sp³-hybridized carbons (Fsp3) is 0.429. The molecule has 1 aliphatic rings. The number of rotatable bonds is 1. The van der Waals surface area contributed by atoms with E-state index in [4.69, 9.17) is 0 Å². The van der Waals surface area contributed by atoms with E-state index in [1.165, 1.54) is 25.0 Å². The molecule has 94 valence electrons. The molecule has 1 fully saturated rings. The number of fused-ring (bicyclic) bond motifs is 1. The van der Waals surface area contributed by atoms with Crippen LogP contribution in [0.2, 0.25) is 0 Å². The van der Waals surface area contributed by atoms with Gasteiger partial charge in [-0.3, -0.25) is 0 Å². The highest BCUT2D eigenvalue weighted by Gasteiger charge is 2.19. The Balaban J connectivity index is 2.03. The van der Waals surface area contributed by atoms with Crippen molar-refractivity contribution in [3.63, 3.8) is 0 Å². The molecule has 4 heteroatoms. The number of aromatic nitrogens is 2. The fourth-order valence-electron chi connectivity index (χ4n) is 2.49.